The zero-order valence-electron chi connectivity index (χ0n) is 12.1. The summed E-state index contributed by atoms with van der Waals surface area (Å²) in [6.07, 6.45) is 1.76. The van der Waals surface area contributed by atoms with Crippen molar-refractivity contribution in [2.24, 2.45) is 11.7 Å². The molecule has 1 heterocycles. The average Bonchev–Trinajstić information content (AvgIpc) is 2.82. The zero-order valence-corrected chi connectivity index (χ0v) is 13.7. The van der Waals surface area contributed by atoms with Crippen LogP contribution in [-0.2, 0) is 11.2 Å². The number of carbonyl (C=O) groups is 1. The topological polar surface area (TPSA) is 77.2 Å². The number of nitrogens with zero attached hydrogens (tertiary/aromatic N) is 1. The Hall–Kier alpha value is -0.690. The third-order valence-corrected chi connectivity index (χ3v) is 3.42. The fourth-order valence-electron chi connectivity index (χ4n) is 1.40. The maximum atomic E-state index is 11.7. The number of rotatable bonds is 9. The number of hydrogen-bond donors (Lipinski definition) is 2. The Morgan fingerprint density at radius 3 is 2.90 bits per heavy atom. The summed E-state index contributed by atoms with van der Waals surface area (Å²) in [6, 6.07) is 0. The number of hydrogen-bond acceptors (Lipinski definition) is 5. The normalized spacial score (nSPS) is 10.4. The number of nitrogens with two attached hydrogens (primary N) is 1. The molecule has 0 saturated carbocycles. The second-order valence-electron chi connectivity index (χ2n) is 4.72. The maximum Gasteiger partial charge on any atom is 0.270 e. The van der Waals surface area contributed by atoms with Crippen LogP contribution in [0.3, 0.4) is 0 Å². The van der Waals surface area contributed by atoms with E-state index in [1.54, 1.807) is 5.38 Å². The van der Waals surface area contributed by atoms with Gasteiger partial charge in [-0.25, -0.2) is 4.98 Å². The summed E-state index contributed by atoms with van der Waals surface area (Å²) >= 11 is 1.47. The van der Waals surface area contributed by atoms with Crippen molar-refractivity contribution >= 4 is 29.7 Å². The van der Waals surface area contributed by atoms with Gasteiger partial charge in [0, 0.05) is 25.0 Å². The average molecular weight is 322 g/mol. The van der Waals surface area contributed by atoms with Gasteiger partial charge < -0.3 is 15.8 Å². The van der Waals surface area contributed by atoms with Crippen molar-refractivity contribution in [1.82, 2.24) is 10.3 Å². The van der Waals surface area contributed by atoms with Crippen molar-refractivity contribution in [3.8, 4) is 0 Å². The molecule has 116 valence electrons. The molecular formula is C13H24ClN3O2S. The van der Waals surface area contributed by atoms with Crippen molar-refractivity contribution < 1.29 is 9.53 Å². The molecule has 0 aromatic carbocycles. The van der Waals surface area contributed by atoms with Crippen molar-refractivity contribution in [1.29, 1.82) is 0 Å². The van der Waals surface area contributed by atoms with Gasteiger partial charge in [0.05, 0.1) is 11.6 Å². The number of ether oxygens (including phenoxy) is 1. The molecule has 0 radical (unpaired) electrons. The first kappa shape index (κ1) is 19.3. The van der Waals surface area contributed by atoms with Gasteiger partial charge in [-0.2, -0.15) is 0 Å². The quantitative estimate of drug-likeness (QED) is 0.681. The van der Waals surface area contributed by atoms with Crippen molar-refractivity contribution in [3.05, 3.63) is 16.1 Å². The largest absolute Gasteiger partial charge is 0.380 e. The van der Waals surface area contributed by atoms with Crippen LogP contribution in [0, 0.1) is 5.92 Å². The molecule has 1 rings (SSSR count). The Morgan fingerprint density at radius 1 is 1.50 bits per heavy atom. The highest BCUT2D eigenvalue weighted by Crippen LogP contribution is 2.09. The Morgan fingerprint density at radius 2 is 2.25 bits per heavy atom. The molecule has 3 N–H and O–H groups in total. The minimum absolute atomic E-state index is 0. The van der Waals surface area contributed by atoms with Crippen LogP contribution in [-0.4, -0.2) is 37.2 Å². The Labute approximate surface area is 130 Å². The summed E-state index contributed by atoms with van der Waals surface area (Å²) in [5.41, 5.74) is 5.91. The van der Waals surface area contributed by atoms with Crippen LogP contribution in [0.1, 0.15) is 35.8 Å². The van der Waals surface area contributed by atoms with Gasteiger partial charge in [0.15, 0.2) is 0 Å². The molecule has 0 fully saturated rings. The third kappa shape index (κ3) is 7.79. The zero-order chi connectivity index (χ0) is 14.1. The molecule has 0 saturated heterocycles. The van der Waals surface area contributed by atoms with E-state index in [0.29, 0.717) is 31.3 Å². The fourth-order valence-corrected chi connectivity index (χ4v) is 2.20. The van der Waals surface area contributed by atoms with Crippen LogP contribution in [0.4, 0.5) is 0 Å². The van der Waals surface area contributed by atoms with Gasteiger partial charge in [-0.15, -0.1) is 23.7 Å². The summed E-state index contributed by atoms with van der Waals surface area (Å²) < 4.78 is 5.43. The predicted octanol–water partition coefficient (Wildman–Crippen LogP) is 1.86. The first-order valence-corrected chi connectivity index (χ1v) is 7.52. The molecule has 5 nitrogen and oxygen atoms in total. The fraction of sp³-hybridized carbons (Fsp3) is 0.692. The molecule has 0 unspecified atom stereocenters. The predicted molar refractivity (Wildman–Crippen MR) is 84.7 cm³/mol. The van der Waals surface area contributed by atoms with E-state index < -0.39 is 0 Å². The lowest BCUT2D eigenvalue weighted by molar-refractivity contribution is 0.0901. The van der Waals surface area contributed by atoms with Crippen LogP contribution in [0.2, 0.25) is 0 Å². The summed E-state index contributed by atoms with van der Waals surface area (Å²) in [7, 11) is 0. The molecule has 7 heteroatoms. The van der Waals surface area contributed by atoms with E-state index in [1.807, 2.05) is 0 Å². The van der Waals surface area contributed by atoms with E-state index in [4.69, 9.17) is 10.5 Å². The standard InChI is InChI=1S/C13H23N3O2S.ClH/c1-10(2)4-7-18-8-6-15-13(17)11-9-19-12(16-11)3-5-14;/h9-10H,3-8,14H2,1-2H3,(H,15,17);1H. The molecular weight excluding hydrogens is 298 g/mol. The first-order valence-electron chi connectivity index (χ1n) is 6.64. The van der Waals surface area contributed by atoms with Gasteiger partial charge in [0.25, 0.3) is 5.91 Å². The van der Waals surface area contributed by atoms with Gasteiger partial charge in [-0.05, 0) is 18.9 Å². The molecule has 1 aromatic heterocycles. The highest BCUT2D eigenvalue weighted by Gasteiger charge is 2.09. The van der Waals surface area contributed by atoms with E-state index in [-0.39, 0.29) is 18.3 Å². The van der Waals surface area contributed by atoms with E-state index in [1.165, 1.54) is 11.3 Å². The molecule has 1 aromatic rings. The van der Waals surface area contributed by atoms with Crippen LogP contribution in [0.15, 0.2) is 5.38 Å². The molecule has 0 aliphatic rings. The second-order valence-corrected chi connectivity index (χ2v) is 5.66. The van der Waals surface area contributed by atoms with Crippen LogP contribution < -0.4 is 11.1 Å². The molecule has 20 heavy (non-hydrogen) atoms. The van der Waals surface area contributed by atoms with E-state index in [9.17, 15) is 4.79 Å². The lowest BCUT2D eigenvalue weighted by atomic mass is 10.1. The van der Waals surface area contributed by atoms with Gasteiger partial charge in [-0.1, -0.05) is 13.8 Å². The summed E-state index contributed by atoms with van der Waals surface area (Å²) in [6.45, 7) is 6.67. The first-order chi connectivity index (χ1) is 9.13. The van der Waals surface area contributed by atoms with Crippen LogP contribution in [0.25, 0.3) is 0 Å². The Bertz CT molecular complexity index is 385. The number of aromatic nitrogens is 1. The second kappa shape index (κ2) is 11.0. The van der Waals surface area contributed by atoms with Gasteiger partial charge in [0.1, 0.15) is 5.69 Å². The lowest BCUT2D eigenvalue weighted by Crippen LogP contribution is -2.27. The van der Waals surface area contributed by atoms with Crippen molar-refractivity contribution in [2.45, 2.75) is 26.7 Å². The van der Waals surface area contributed by atoms with E-state index in [2.05, 4.69) is 24.1 Å². The van der Waals surface area contributed by atoms with E-state index in [0.717, 1.165) is 24.5 Å². The lowest BCUT2D eigenvalue weighted by Gasteiger charge is -2.06. The number of halogens is 1. The highest BCUT2D eigenvalue weighted by molar-refractivity contribution is 7.09. The van der Waals surface area contributed by atoms with Crippen LogP contribution in [0.5, 0.6) is 0 Å². The van der Waals surface area contributed by atoms with Crippen molar-refractivity contribution in [2.75, 3.05) is 26.3 Å². The third-order valence-electron chi connectivity index (χ3n) is 2.51. The van der Waals surface area contributed by atoms with Gasteiger partial charge in [-0.3, -0.25) is 4.79 Å². The highest BCUT2D eigenvalue weighted by atomic mass is 35.5. The summed E-state index contributed by atoms with van der Waals surface area (Å²) in [5.74, 6) is 0.498. The van der Waals surface area contributed by atoms with Crippen LogP contribution >= 0.6 is 23.7 Å². The molecule has 0 aliphatic carbocycles. The maximum absolute atomic E-state index is 11.7. The van der Waals surface area contributed by atoms with E-state index >= 15 is 0 Å². The molecule has 0 atom stereocenters. The van der Waals surface area contributed by atoms with Gasteiger partial charge in [0.2, 0.25) is 0 Å². The minimum Gasteiger partial charge on any atom is -0.380 e. The summed E-state index contributed by atoms with van der Waals surface area (Å²) in [4.78, 5) is 16.0. The number of thiazole rings is 1. The molecule has 0 bridgehead atoms. The monoisotopic (exact) mass is 321 g/mol. The molecule has 1 amide bonds. The van der Waals surface area contributed by atoms with Gasteiger partial charge >= 0.3 is 0 Å². The van der Waals surface area contributed by atoms with Crippen molar-refractivity contribution in [3.63, 3.8) is 0 Å². The number of carbonyl (C=O) groups excluding carboxylic acids is 1. The SMILES string of the molecule is CC(C)CCOCCNC(=O)c1csc(CCN)n1.Cl. The number of amides is 1. The Balaban J connectivity index is 0.00000361. The Kier molecular flexibility index (Phi) is 10.6. The molecule has 0 aliphatic heterocycles. The smallest absolute Gasteiger partial charge is 0.270 e. The summed E-state index contributed by atoms with van der Waals surface area (Å²) in [5, 5.41) is 5.46. The molecule has 0 spiro atoms. The minimum atomic E-state index is -0.146. The number of nitrogens with one attached hydrogen (secondary N) is 1.